The van der Waals surface area contributed by atoms with Crippen LogP contribution in [0.5, 0.6) is 11.8 Å². The highest BCUT2D eigenvalue weighted by atomic mass is 16.5. The lowest BCUT2D eigenvalue weighted by Crippen LogP contribution is -2.20. The maximum atomic E-state index is 5.50. The molecule has 0 saturated carbocycles. The van der Waals surface area contributed by atoms with Crippen LogP contribution in [0.2, 0.25) is 0 Å². The lowest BCUT2D eigenvalue weighted by Gasteiger charge is -2.14. The Morgan fingerprint density at radius 2 is 2.06 bits per heavy atom. The molecule has 0 spiro atoms. The van der Waals surface area contributed by atoms with Crippen LogP contribution in [0, 0.1) is 0 Å². The molecule has 0 radical (unpaired) electrons. The Labute approximate surface area is 94.7 Å². The average Bonchev–Trinajstić information content (AvgIpc) is 2.25. The summed E-state index contributed by atoms with van der Waals surface area (Å²) < 4.78 is 15.7. The third-order valence-corrected chi connectivity index (χ3v) is 1.78. The normalized spacial score (nSPS) is 12.2. The number of rotatable bonds is 6. The van der Waals surface area contributed by atoms with Crippen molar-refractivity contribution in [2.24, 2.45) is 0 Å². The van der Waals surface area contributed by atoms with E-state index in [1.54, 1.807) is 6.07 Å². The summed E-state index contributed by atoms with van der Waals surface area (Å²) in [6.45, 7) is 4.98. The largest absolute Gasteiger partial charge is 0.481 e. The predicted octanol–water partition coefficient (Wildman–Crippen LogP) is 0.871. The fourth-order valence-corrected chi connectivity index (χ4v) is 1.11. The van der Waals surface area contributed by atoms with Crippen molar-refractivity contribution in [2.75, 3.05) is 26.1 Å². The third-order valence-electron chi connectivity index (χ3n) is 1.78. The van der Waals surface area contributed by atoms with Crippen molar-refractivity contribution in [3.63, 3.8) is 0 Å². The van der Waals surface area contributed by atoms with Crippen LogP contribution in [-0.4, -0.2) is 36.4 Å². The van der Waals surface area contributed by atoms with Crippen LogP contribution >= 0.6 is 0 Å². The lowest BCUT2D eigenvalue weighted by atomic mass is 10.4. The topological polar surface area (TPSA) is 79.5 Å². The minimum atomic E-state index is -0.0982. The van der Waals surface area contributed by atoms with Crippen molar-refractivity contribution in [2.45, 2.75) is 20.0 Å². The molecule has 0 aliphatic rings. The van der Waals surface area contributed by atoms with Gasteiger partial charge < -0.3 is 19.9 Å². The first-order chi connectivity index (χ1) is 7.65. The number of methoxy groups -OCH3 is 1. The van der Waals surface area contributed by atoms with E-state index in [2.05, 4.69) is 9.97 Å². The quantitative estimate of drug-likeness (QED) is 0.776. The molecule has 1 atom stereocenters. The van der Waals surface area contributed by atoms with E-state index in [0.717, 1.165) is 0 Å². The van der Waals surface area contributed by atoms with Gasteiger partial charge in [-0.25, -0.2) is 0 Å². The van der Waals surface area contributed by atoms with Gasteiger partial charge in [-0.2, -0.15) is 9.97 Å². The van der Waals surface area contributed by atoms with Crippen LogP contribution in [0.3, 0.4) is 0 Å². The molecule has 1 rings (SSSR count). The van der Waals surface area contributed by atoms with E-state index in [1.165, 1.54) is 7.11 Å². The molecule has 0 aromatic carbocycles. The van der Waals surface area contributed by atoms with E-state index < -0.39 is 0 Å². The van der Waals surface area contributed by atoms with Gasteiger partial charge in [-0.05, 0) is 13.8 Å². The van der Waals surface area contributed by atoms with Crippen LogP contribution in [0.25, 0.3) is 0 Å². The molecule has 16 heavy (non-hydrogen) atoms. The molecule has 0 bridgehead atoms. The SMILES string of the molecule is CCOCC(C)Oc1cc(OC)nc(N)n1. The second-order valence-corrected chi connectivity index (χ2v) is 3.19. The number of ether oxygens (including phenoxy) is 3. The molecule has 1 aromatic heterocycles. The molecule has 2 N–H and O–H groups in total. The molecule has 1 aromatic rings. The first kappa shape index (κ1) is 12.5. The highest BCUT2D eigenvalue weighted by molar-refractivity contribution is 5.29. The molecule has 0 amide bonds. The number of nitrogens with two attached hydrogens (primary N) is 1. The van der Waals surface area contributed by atoms with Gasteiger partial charge in [0.2, 0.25) is 17.7 Å². The van der Waals surface area contributed by atoms with Crippen molar-refractivity contribution < 1.29 is 14.2 Å². The van der Waals surface area contributed by atoms with Crippen LogP contribution in [0.4, 0.5) is 5.95 Å². The minimum Gasteiger partial charge on any atom is -0.481 e. The number of nitrogen functional groups attached to an aromatic ring is 1. The summed E-state index contributed by atoms with van der Waals surface area (Å²) in [5.74, 6) is 0.889. The van der Waals surface area contributed by atoms with E-state index in [0.29, 0.717) is 25.0 Å². The van der Waals surface area contributed by atoms with Crippen molar-refractivity contribution in [1.82, 2.24) is 9.97 Å². The van der Waals surface area contributed by atoms with Gasteiger partial charge >= 0.3 is 0 Å². The number of hydrogen-bond donors (Lipinski definition) is 1. The Hall–Kier alpha value is -1.56. The summed E-state index contributed by atoms with van der Waals surface area (Å²) in [6.07, 6.45) is -0.0982. The monoisotopic (exact) mass is 227 g/mol. The molecule has 0 aliphatic heterocycles. The summed E-state index contributed by atoms with van der Waals surface area (Å²) >= 11 is 0. The minimum absolute atomic E-state index is 0.0982. The summed E-state index contributed by atoms with van der Waals surface area (Å²) in [4.78, 5) is 7.79. The summed E-state index contributed by atoms with van der Waals surface area (Å²) in [5, 5.41) is 0. The number of anilines is 1. The Balaban J connectivity index is 2.61. The fraction of sp³-hybridized carbons (Fsp3) is 0.600. The zero-order valence-electron chi connectivity index (χ0n) is 9.77. The van der Waals surface area contributed by atoms with Crippen molar-refractivity contribution in [1.29, 1.82) is 0 Å². The second kappa shape index (κ2) is 6.12. The molecule has 0 aliphatic carbocycles. The number of hydrogen-bond acceptors (Lipinski definition) is 6. The van der Waals surface area contributed by atoms with Gasteiger partial charge in [0.05, 0.1) is 19.8 Å². The first-order valence-corrected chi connectivity index (χ1v) is 5.08. The van der Waals surface area contributed by atoms with Crippen LogP contribution in [-0.2, 0) is 4.74 Å². The molecule has 6 heteroatoms. The highest BCUT2D eigenvalue weighted by Crippen LogP contribution is 2.17. The predicted molar refractivity (Wildman–Crippen MR) is 59.6 cm³/mol. The van der Waals surface area contributed by atoms with E-state index in [-0.39, 0.29) is 12.1 Å². The Morgan fingerprint density at radius 3 is 2.69 bits per heavy atom. The molecule has 0 saturated heterocycles. The van der Waals surface area contributed by atoms with E-state index >= 15 is 0 Å². The number of nitrogens with zero attached hydrogens (tertiary/aromatic N) is 2. The van der Waals surface area contributed by atoms with Gasteiger partial charge in [0.1, 0.15) is 6.10 Å². The molecular formula is C10H17N3O3. The average molecular weight is 227 g/mol. The van der Waals surface area contributed by atoms with Gasteiger partial charge in [0, 0.05) is 6.61 Å². The maximum absolute atomic E-state index is 5.50. The Kier molecular flexibility index (Phi) is 4.78. The van der Waals surface area contributed by atoms with Crippen LogP contribution < -0.4 is 15.2 Å². The van der Waals surface area contributed by atoms with Gasteiger partial charge in [-0.3, -0.25) is 0 Å². The second-order valence-electron chi connectivity index (χ2n) is 3.19. The van der Waals surface area contributed by atoms with E-state index in [4.69, 9.17) is 19.9 Å². The molecular weight excluding hydrogens is 210 g/mol. The smallest absolute Gasteiger partial charge is 0.226 e. The first-order valence-electron chi connectivity index (χ1n) is 5.08. The van der Waals surface area contributed by atoms with Crippen molar-refractivity contribution >= 4 is 5.95 Å². The van der Waals surface area contributed by atoms with Crippen molar-refractivity contribution in [3.05, 3.63) is 6.07 Å². The van der Waals surface area contributed by atoms with E-state index in [1.807, 2.05) is 13.8 Å². The molecule has 1 heterocycles. The van der Waals surface area contributed by atoms with Crippen LogP contribution in [0.15, 0.2) is 6.07 Å². The zero-order valence-corrected chi connectivity index (χ0v) is 9.77. The molecule has 90 valence electrons. The number of aromatic nitrogens is 2. The Bertz CT molecular complexity index is 333. The molecule has 0 fully saturated rings. The van der Waals surface area contributed by atoms with Gasteiger partial charge in [-0.1, -0.05) is 0 Å². The molecule has 6 nitrogen and oxygen atoms in total. The summed E-state index contributed by atoms with van der Waals surface area (Å²) in [7, 11) is 1.51. The molecule has 1 unspecified atom stereocenters. The fourth-order valence-electron chi connectivity index (χ4n) is 1.11. The van der Waals surface area contributed by atoms with Crippen LogP contribution in [0.1, 0.15) is 13.8 Å². The standard InChI is InChI=1S/C10H17N3O3/c1-4-15-6-7(2)16-9-5-8(14-3)12-10(11)13-9/h5,7H,4,6H2,1-3H3,(H2,11,12,13). The van der Waals surface area contributed by atoms with E-state index in [9.17, 15) is 0 Å². The zero-order chi connectivity index (χ0) is 12.0. The maximum Gasteiger partial charge on any atom is 0.226 e. The Morgan fingerprint density at radius 1 is 1.38 bits per heavy atom. The summed E-state index contributed by atoms with van der Waals surface area (Å²) in [6, 6.07) is 1.58. The van der Waals surface area contributed by atoms with Gasteiger partial charge in [0.25, 0.3) is 0 Å². The lowest BCUT2D eigenvalue weighted by molar-refractivity contribution is 0.0632. The summed E-state index contributed by atoms with van der Waals surface area (Å²) in [5.41, 5.74) is 5.50. The third kappa shape index (κ3) is 3.90. The van der Waals surface area contributed by atoms with Gasteiger partial charge in [0.15, 0.2) is 0 Å². The highest BCUT2D eigenvalue weighted by Gasteiger charge is 2.08. The van der Waals surface area contributed by atoms with Crippen molar-refractivity contribution in [3.8, 4) is 11.8 Å². The van der Waals surface area contributed by atoms with Gasteiger partial charge in [-0.15, -0.1) is 0 Å².